The highest BCUT2D eigenvalue weighted by molar-refractivity contribution is 6.13. The fraction of sp³-hybridized carbons (Fsp3) is 0. The third-order valence-corrected chi connectivity index (χ3v) is 12.7. The first-order valence-corrected chi connectivity index (χ1v) is 21.9. The number of rotatable bonds is 8. The number of anilines is 3. The first-order chi connectivity index (χ1) is 31.7. The molecule has 0 fully saturated rings. The summed E-state index contributed by atoms with van der Waals surface area (Å²) in [6, 6.07) is 89.7. The lowest BCUT2D eigenvalue weighted by atomic mass is 9.93. The maximum Gasteiger partial charge on any atom is 0.135 e. The summed E-state index contributed by atoms with van der Waals surface area (Å²) in [5.74, 6) is 0.879. The highest BCUT2D eigenvalue weighted by Gasteiger charge is 2.16. The Bertz CT molecular complexity index is 3600. The second kappa shape index (κ2) is 15.8. The van der Waals surface area contributed by atoms with Crippen molar-refractivity contribution in [3.05, 3.63) is 249 Å². The fourth-order valence-corrected chi connectivity index (χ4v) is 9.43. The molecule has 2 heteroatoms. The Balaban J connectivity index is 0.881. The molecule has 2 nitrogen and oxygen atoms in total. The lowest BCUT2D eigenvalue weighted by Gasteiger charge is -2.26. The van der Waals surface area contributed by atoms with Crippen molar-refractivity contribution in [1.29, 1.82) is 0 Å². The van der Waals surface area contributed by atoms with Gasteiger partial charge in [0.15, 0.2) is 0 Å². The van der Waals surface area contributed by atoms with Gasteiger partial charge in [-0.15, -0.1) is 0 Å². The molecular formula is C62H41NO. The molecule has 0 radical (unpaired) electrons. The third-order valence-electron chi connectivity index (χ3n) is 12.7. The largest absolute Gasteiger partial charge is 0.456 e. The number of nitrogens with zero attached hydrogens (tertiary/aromatic N) is 1. The summed E-state index contributed by atoms with van der Waals surface area (Å²) in [6.45, 7) is 0. The van der Waals surface area contributed by atoms with Crippen molar-refractivity contribution in [1.82, 2.24) is 0 Å². The van der Waals surface area contributed by atoms with E-state index < -0.39 is 0 Å². The second-order valence-electron chi connectivity index (χ2n) is 16.5. The molecule has 0 atom stereocenters. The van der Waals surface area contributed by atoms with Crippen LogP contribution in [0.4, 0.5) is 17.1 Å². The van der Waals surface area contributed by atoms with Crippen LogP contribution in [-0.4, -0.2) is 0 Å². The molecule has 0 saturated heterocycles. The lowest BCUT2D eigenvalue weighted by Crippen LogP contribution is -2.09. The van der Waals surface area contributed by atoms with Gasteiger partial charge in [-0.05, 0) is 137 Å². The van der Waals surface area contributed by atoms with E-state index in [1.807, 2.05) is 18.2 Å². The van der Waals surface area contributed by atoms with Gasteiger partial charge >= 0.3 is 0 Å². The van der Waals surface area contributed by atoms with Gasteiger partial charge in [0.05, 0.1) is 0 Å². The van der Waals surface area contributed by atoms with Crippen LogP contribution in [0.5, 0.6) is 0 Å². The van der Waals surface area contributed by atoms with Gasteiger partial charge in [-0.25, -0.2) is 0 Å². The molecule has 11 aromatic carbocycles. The maximum absolute atomic E-state index is 6.19. The first-order valence-electron chi connectivity index (χ1n) is 21.9. The molecule has 0 saturated carbocycles. The molecule has 64 heavy (non-hydrogen) atoms. The maximum atomic E-state index is 6.19. The quantitative estimate of drug-likeness (QED) is 0.142. The fourth-order valence-electron chi connectivity index (χ4n) is 9.43. The predicted molar refractivity (Wildman–Crippen MR) is 271 cm³/mol. The van der Waals surface area contributed by atoms with Gasteiger partial charge in [-0.1, -0.05) is 188 Å². The third kappa shape index (κ3) is 6.79. The highest BCUT2D eigenvalue weighted by Crippen LogP contribution is 2.41. The van der Waals surface area contributed by atoms with Crippen LogP contribution in [0, 0.1) is 0 Å². The van der Waals surface area contributed by atoms with Crippen LogP contribution >= 0.6 is 0 Å². The summed E-state index contributed by atoms with van der Waals surface area (Å²) in [4.78, 5) is 2.36. The normalized spacial score (nSPS) is 11.4. The average Bonchev–Trinajstić information content (AvgIpc) is 3.82. The Hall–Kier alpha value is -8.46. The molecule has 1 aromatic heterocycles. The van der Waals surface area contributed by atoms with Gasteiger partial charge in [0.25, 0.3) is 0 Å². The van der Waals surface area contributed by atoms with E-state index in [0.717, 1.165) is 56.0 Å². The molecule has 12 rings (SSSR count). The van der Waals surface area contributed by atoms with Crippen LogP contribution in [0.15, 0.2) is 253 Å². The van der Waals surface area contributed by atoms with Crippen molar-refractivity contribution in [3.63, 3.8) is 0 Å². The zero-order chi connectivity index (χ0) is 42.4. The molecule has 0 bridgehead atoms. The minimum atomic E-state index is 0.879. The number of para-hydroxylation sites is 1. The van der Waals surface area contributed by atoms with E-state index in [1.165, 1.54) is 60.1 Å². The first kappa shape index (κ1) is 37.3. The Labute approximate surface area is 372 Å². The average molecular weight is 816 g/mol. The molecule has 0 unspecified atom stereocenters. The molecule has 0 aliphatic heterocycles. The van der Waals surface area contributed by atoms with Crippen LogP contribution in [-0.2, 0) is 0 Å². The van der Waals surface area contributed by atoms with E-state index in [0.29, 0.717) is 0 Å². The minimum absolute atomic E-state index is 0.879. The van der Waals surface area contributed by atoms with Crippen LogP contribution in [0.1, 0.15) is 0 Å². The predicted octanol–water partition coefficient (Wildman–Crippen LogP) is 17.7. The monoisotopic (exact) mass is 815 g/mol. The van der Waals surface area contributed by atoms with Gasteiger partial charge in [-0.3, -0.25) is 0 Å². The zero-order valence-corrected chi connectivity index (χ0v) is 35.0. The molecule has 1 heterocycles. The topological polar surface area (TPSA) is 16.4 Å². The Morgan fingerprint density at radius 2 is 0.719 bits per heavy atom. The van der Waals surface area contributed by atoms with Gasteiger partial charge in [0.2, 0.25) is 0 Å². The molecule has 0 spiro atoms. The summed E-state index contributed by atoms with van der Waals surface area (Å²) in [7, 11) is 0. The van der Waals surface area contributed by atoms with Crippen LogP contribution < -0.4 is 4.90 Å². The van der Waals surface area contributed by atoms with Crippen LogP contribution in [0.25, 0.3) is 99.1 Å². The molecule has 0 amide bonds. The van der Waals surface area contributed by atoms with Crippen LogP contribution in [0.2, 0.25) is 0 Å². The minimum Gasteiger partial charge on any atom is -0.456 e. The molecule has 12 aromatic rings. The van der Waals surface area contributed by atoms with Crippen molar-refractivity contribution in [3.8, 4) is 55.8 Å². The van der Waals surface area contributed by atoms with Gasteiger partial charge in [0, 0.05) is 28.0 Å². The van der Waals surface area contributed by atoms with Gasteiger partial charge < -0.3 is 9.32 Å². The summed E-state index contributed by atoms with van der Waals surface area (Å²) < 4.78 is 6.19. The molecule has 0 N–H and O–H groups in total. The van der Waals surface area contributed by atoms with E-state index in [4.69, 9.17) is 4.42 Å². The van der Waals surface area contributed by atoms with Crippen molar-refractivity contribution in [2.24, 2.45) is 0 Å². The number of furan rings is 1. The summed E-state index contributed by atoms with van der Waals surface area (Å²) in [5.41, 5.74) is 14.7. The number of benzene rings is 11. The van der Waals surface area contributed by atoms with Gasteiger partial charge in [-0.2, -0.15) is 0 Å². The Morgan fingerprint density at radius 1 is 0.250 bits per heavy atom. The summed E-state index contributed by atoms with van der Waals surface area (Å²) >= 11 is 0. The number of hydrogen-bond acceptors (Lipinski definition) is 2. The standard InChI is InChI=1S/C62H41NO/c1-4-17-55-45(11-1)14-10-21-56(55)46-29-35-53(36-30-46)63(54-37-31-47(32-38-54)60-40-49-12-2-5-18-57(49)58-19-6-7-20-59(58)60)52-33-27-43(28-34-52)42-23-25-44(26-24-42)48-15-9-16-50(39-48)62-41-51-13-3-8-22-61(51)64-62/h1-41H. The van der Waals surface area contributed by atoms with Crippen molar-refractivity contribution < 1.29 is 4.42 Å². The molecule has 0 aliphatic rings. The smallest absolute Gasteiger partial charge is 0.135 e. The number of hydrogen-bond donors (Lipinski definition) is 0. The van der Waals surface area contributed by atoms with E-state index in [9.17, 15) is 0 Å². The Kier molecular flexibility index (Phi) is 9.20. The molecule has 0 aliphatic carbocycles. The zero-order valence-electron chi connectivity index (χ0n) is 35.0. The van der Waals surface area contributed by atoms with E-state index >= 15 is 0 Å². The molecular weight excluding hydrogens is 775 g/mol. The summed E-state index contributed by atoms with van der Waals surface area (Å²) in [6.07, 6.45) is 0. The van der Waals surface area contributed by atoms with Crippen LogP contribution in [0.3, 0.4) is 0 Å². The highest BCUT2D eigenvalue weighted by atomic mass is 16.3. The molecule has 300 valence electrons. The second-order valence-corrected chi connectivity index (χ2v) is 16.5. The summed E-state index contributed by atoms with van der Waals surface area (Å²) in [5, 5.41) is 8.67. The van der Waals surface area contributed by atoms with E-state index in [2.05, 4.69) is 235 Å². The lowest BCUT2D eigenvalue weighted by molar-refractivity contribution is 0.631. The number of fused-ring (bicyclic) bond motifs is 5. The van der Waals surface area contributed by atoms with Crippen molar-refractivity contribution in [2.75, 3.05) is 4.90 Å². The van der Waals surface area contributed by atoms with Gasteiger partial charge in [0.1, 0.15) is 11.3 Å². The van der Waals surface area contributed by atoms with Crippen molar-refractivity contribution >= 4 is 60.3 Å². The van der Waals surface area contributed by atoms with Crippen molar-refractivity contribution in [2.45, 2.75) is 0 Å². The SMILES string of the molecule is c1cc(-c2ccc(-c3ccc(N(c4ccc(-c5cccc6ccccc56)cc4)c4ccc(-c5cc6ccccc6c6ccccc56)cc4)cc3)cc2)cc(-c2cc3ccccc3o2)c1. The Morgan fingerprint density at radius 3 is 1.39 bits per heavy atom. The van der Waals surface area contributed by atoms with E-state index in [1.54, 1.807) is 0 Å². The van der Waals surface area contributed by atoms with E-state index in [-0.39, 0.29) is 0 Å².